The molecule has 2 aromatic rings. The molecule has 0 aliphatic carbocycles. The van der Waals surface area contributed by atoms with E-state index in [-0.39, 0.29) is 12.4 Å². The Morgan fingerprint density at radius 3 is 2.53 bits per heavy atom. The van der Waals surface area contributed by atoms with E-state index in [9.17, 15) is 0 Å². The van der Waals surface area contributed by atoms with Crippen molar-refractivity contribution in [1.82, 2.24) is 20.2 Å². The Bertz CT molecular complexity index is 540. The lowest BCUT2D eigenvalue weighted by atomic mass is 10.1. The number of fused-ring (bicyclic) bond motifs is 1. The minimum Gasteiger partial charge on any atom is -0.314 e. The van der Waals surface area contributed by atoms with Crippen LogP contribution in [-0.4, -0.2) is 41.0 Å². The first-order valence-corrected chi connectivity index (χ1v) is 6.50. The molecule has 0 radical (unpaired) electrons. The van der Waals surface area contributed by atoms with Crippen LogP contribution in [0.4, 0.5) is 0 Å². The van der Waals surface area contributed by atoms with Crippen molar-refractivity contribution in [2.24, 2.45) is 0 Å². The maximum atomic E-state index is 4.38. The number of nitrogens with one attached hydrogen (secondary N) is 1. The Hall–Kier alpha value is -1.23. The summed E-state index contributed by atoms with van der Waals surface area (Å²) >= 11 is 0. The van der Waals surface area contributed by atoms with Crippen LogP contribution in [0.25, 0.3) is 11.0 Å². The van der Waals surface area contributed by atoms with E-state index in [0.29, 0.717) is 6.04 Å². The summed E-state index contributed by atoms with van der Waals surface area (Å²) in [6.45, 7) is 6.65. The molecule has 1 aliphatic rings. The van der Waals surface area contributed by atoms with Crippen molar-refractivity contribution in [2.45, 2.75) is 13.0 Å². The van der Waals surface area contributed by atoms with Gasteiger partial charge in [-0.2, -0.15) is 0 Å². The Kier molecular flexibility index (Phi) is 4.69. The van der Waals surface area contributed by atoms with Gasteiger partial charge < -0.3 is 5.32 Å². The van der Waals surface area contributed by atoms with Gasteiger partial charge in [0.15, 0.2) is 0 Å². The van der Waals surface area contributed by atoms with Crippen molar-refractivity contribution in [3.63, 3.8) is 0 Å². The molecule has 1 N–H and O–H groups in total. The van der Waals surface area contributed by atoms with Gasteiger partial charge in [0.1, 0.15) is 0 Å². The molecule has 1 aromatic carbocycles. The van der Waals surface area contributed by atoms with Gasteiger partial charge in [-0.05, 0) is 24.6 Å². The second-order valence-corrected chi connectivity index (χ2v) is 4.77. The Morgan fingerprint density at radius 1 is 1.11 bits per heavy atom. The summed E-state index contributed by atoms with van der Waals surface area (Å²) in [6.07, 6.45) is 3.49. The molecule has 1 aromatic heterocycles. The number of rotatable bonds is 2. The summed E-state index contributed by atoms with van der Waals surface area (Å²) in [4.78, 5) is 11.2. The second kappa shape index (κ2) is 6.28. The van der Waals surface area contributed by atoms with Crippen LogP contribution in [0.2, 0.25) is 0 Å². The molecule has 1 unspecified atom stereocenters. The number of hydrogen-bond acceptors (Lipinski definition) is 4. The van der Waals surface area contributed by atoms with Gasteiger partial charge in [-0.1, -0.05) is 6.07 Å². The number of halogens is 1. The molecule has 0 saturated carbocycles. The van der Waals surface area contributed by atoms with E-state index in [1.165, 1.54) is 5.56 Å². The van der Waals surface area contributed by atoms with Crippen LogP contribution >= 0.6 is 12.4 Å². The highest BCUT2D eigenvalue weighted by Crippen LogP contribution is 2.22. The molecule has 102 valence electrons. The highest BCUT2D eigenvalue weighted by atomic mass is 35.5. The van der Waals surface area contributed by atoms with E-state index < -0.39 is 0 Å². The predicted octanol–water partition coefficient (Wildman–Crippen LogP) is 2.02. The lowest BCUT2D eigenvalue weighted by molar-refractivity contribution is 0.185. The van der Waals surface area contributed by atoms with Gasteiger partial charge in [-0.15, -0.1) is 12.4 Å². The maximum Gasteiger partial charge on any atom is 0.0890 e. The van der Waals surface area contributed by atoms with Gasteiger partial charge in [0.2, 0.25) is 0 Å². The molecular weight excluding hydrogens is 260 g/mol. The lowest BCUT2D eigenvalue weighted by Crippen LogP contribution is -2.44. The molecule has 0 amide bonds. The third-order valence-electron chi connectivity index (χ3n) is 3.68. The summed E-state index contributed by atoms with van der Waals surface area (Å²) in [7, 11) is 0. The standard InChI is InChI=1S/C14H18N4.ClH/c1-11(18-8-6-15-7-9-18)12-2-3-13-14(10-12)17-5-4-16-13;/h2-5,10-11,15H,6-9H2,1H3;1H. The van der Waals surface area contributed by atoms with Crippen molar-refractivity contribution in [2.75, 3.05) is 26.2 Å². The SMILES string of the molecule is CC(c1ccc2nccnc2c1)N1CCNCC1.Cl. The average molecular weight is 279 g/mol. The minimum absolute atomic E-state index is 0. The summed E-state index contributed by atoms with van der Waals surface area (Å²) in [6, 6.07) is 6.84. The first-order valence-electron chi connectivity index (χ1n) is 6.50. The molecule has 1 atom stereocenters. The van der Waals surface area contributed by atoms with Crippen LogP contribution in [0.5, 0.6) is 0 Å². The minimum atomic E-state index is 0. The first-order chi connectivity index (χ1) is 8.84. The Balaban J connectivity index is 0.00000133. The van der Waals surface area contributed by atoms with Crippen molar-refractivity contribution < 1.29 is 0 Å². The molecule has 1 saturated heterocycles. The highest BCUT2D eigenvalue weighted by molar-refractivity contribution is 5.85. The van der Waals surface area contributed by atoms with Crippen LogP contribution in [0, 0.1) is 0 Å². The van der Waals surface area contributed by atoms with Gasteiger partial charge in [0.25, 0.3) is 0 Å². The Morgan fingerprint density at radius 2 is 1.79 bits per heavy atom. The van der Waals surface area contributed by atoms with Crippen molar-refractivity contribution >= 4 is 23.4 Å². The highest BCUT2D eigenvalue weighted by Gasteiger charge is 2.18. The van der Waals surface area contributed by atoms with Crippen molar-refractivity contribution in [1.29, 1.82) is 0 Å². The fourth-order valence-corrected chi connectivity index (χ4v) is 2.52. The fraction of sp³-hybridized carbons (Fsp3) is 0.429. The van der Waals surface area contributed by atoms with Gasteiger partial charge in [0, 0.05) is 44.6 Å². The normalized spacial score (nSPS) is 17.9. The number of hydrogen-bond donors (Lipinski definition) is 1. The molecular formula is C14H19ClN4. The van der Waals surface area contributed by atoms with E-state index in [1.807, 2.05) is 0 Å². The summed E-state index contributed by atoms with van der Waals surface area (Å²) < 4.78 is 0. The molecule has 0 bridgehead atoms. The third-order valence-corrected chi connectivity index (χ3v) is 3.68. The zero-order valence-corrected chi connectivity index (χ0v) is 11.9. The van der Waals surface area contributed by atoms with Gasteiger partial charge in [-0.3, -0.25) is 14.9 Å². The van der Waals surface area contributed by atoms with Crippen molar-refractivity contribution in [3.8, 4) is 0 Å². The van der Waals surface area contributed by atoms with Crippen LogP contribution < -0.4 is 5.32 Å². The number of benzene rings is 1. The van der Waals surface area contributed by atoms with Gasteiger partial charge >= 0.3 is 0 Å². The zero-order chi connectivity index (χ0) is 12.4. The molecule has 19 heavy (non-hydrogen) atoms. The molecule has 5 heteroatoms. The van der Waals surface area contributed by atoms with Crippen LogP contribution in [-0.2, 0) is 0 Å². The van der Waals surface area contributed by atoms with Crippen molar-refractivity contribution in [3.05, 3.63) is 36.2 Å². The zero-order valence-electron chi connectivity index (χ0n) is 11.0. The first kappa shape index (κ1) is 14.2. The molecule has 1 fully saturated rings. The monoisotopic (exact) mass is 278 g/mol. The fourth-order valence-electron chi connectivity index (χ4n) is 2.52. The van der Waals surface area contributed by atoms with E-state index >= 15 is 0 Å². The summed E-state index contributed by atoms with van der Waals surface area (Å²) in [5.41, 5.74) is 3.27. The summed E-state index contributed by atoms with van der Waals surface area (Å²) in [5.74, 6) is 0. The summed E-state index contributed by atoms with van der Waals surface area (Å²) in [5, 5.41) is 3.39. The van der Waals surface area contributed by atoms with Gasteiger partial charge in [-0.25, -0.2) is 0 Å². The van der Waals surface area contributed by atoms with E-state index in [0.717, 1.165) is 37.2 Å². The average Bonchev–Trinajstić information content (AvgIpc) is 2.47. The quantitative estimate of drug-likeness (QED) is 0.913. The maximum absolute atomic E-state index is 4.38. The van der Waals surface area contributed by atoms with E-state index in [2.05, 4.69) is 45.3 Å². The van der Waals surface area contributed by atoms with Crippen LogP contribution in [0.1, 0.15) is 18.5 Å². The topological polar surface area (TPSA) is 41.1 Å². The molecule has 3 rings (SSSR count). The predicted molar refractivity (Wildman–Crippen MR) is 79.6 cm³/mol. The second-order valence-electron chi connectivity index (χ2n) is 4.77. The largest absolute Gasteiger partial charge is 0.314 e. The number of nitrogens with zero attached hydrogens (tertiary/aromatic N) is 3. The molecule has 4 nitrogen and oxygen atoms in total. The van der Waals surface area contributed by atoms with E-state index in [1.54, 1.807) is 12.4 Å². The lowest BCUT2D eigenvalue weighted by Gasteiger charge is -2.33. The third kappa shape index (κ3) is 3.03. The van der Waals surface area contributed by atoms with Crippen LogP contribution in [0.3, 0.4) is 0 Å². The smallest absolute Gasteiger partial charge is 0.0890 e. The van der Waals surface area contributed by atoms with Crippen LogP contribution in [0.15, 0.2) is 30.6 Å². The number of aromatic nitrogens is 2. The Labute approximate surface area is 119 Å². The van der Waals surface area contributed by atoms with Gasteiger partial charge in [0.05, 0.1) is 11.0 Å². The number of piperazine rings is 1. The van der Waals surface area contributed by atoms with E-state index in [4.69, 9.17) is 0 Å². The molecule has 0 spiro atoms. The molecule has 1 aliphatic heterocycles. The molecule has 2 heterocycles.